The van der Waals surface area contributed by atoms with Crippen molar-refractivity contribution >= 4 is 5.91 Å². The van der Waals surface area contributed by atoms with Crippen molar-refractivity contribution in [2.75, 3.05) is 6.61 Å². The molecule has 4 heteroatoms. The predicted molar refractivity (Wildman–Crippen MR) is 69.9 cm³/mol. The van der Waals surface area contributed by atoms with Crippen LogP contribution in [-0.4, -0.2) is 24.7 Å². The highest BCUT2D eigenvalue weighted by molar-refractivity contribution is 5.83. The summed E-state index contributed by atoms with van der Waals surface area (Å²) < 4.78 is 5.55. The lowest BCUT2D eigenvalue weighted by Gasteiger charge is -2.22. The van der Waals surface area contributed by atoms with Gasteiger partial charge in [-0.05, 0) is 25.3 Å². The van der Waals surface area contributed by atoms with E-state index in [1.165, 1.54) is 0 Å². The minimum atomic E-state index is -0.616. The van der Waals surface area contributed by atoms with Crippen molar-refractivity contribution in [2.45, 2.75) is 38.0 Å². The van der Waals surface area contributed by atoms with Gasteiger partial charge in [0.25, 0.3) is 0 Å². The van der Waals surface area contributed by atoms with Gasteiger partial charge in [-0.15, -0.1) is 0 Å². The molecule has 1 aliphatic rings. The van der Waals surface area contributed by atoms with Crippen LogP contribution in [0.3, 0.4) is 0 Å². The number of carbonyl (C=O) groups excluding carboxylic acids is 1. The molecule has 1 heterocycles. The predicted octanol–water partition coefficient (Wildman–Crippen LogP) is 1.37. The molecule has 0 aromatic heterocycles. The van der Waals surface area contributed by atoms with Crippen LogP contribution in [0.4, 0.5) is 0 Å². The Hall–Kier alpha value is -1.39. The molecule has 0 spiro atoms. The van der Waals surface area contributed by atoms with Crippen molar-refractivity contribution in [3.8, 4) is 0 Å². The molecule has 1 aromatic rings. The molecule has 2 rings (SSSR count). The number of hydrogen-bond acceptors (Lipinski definition) is 3. The first-order valence-electron chi connectivity index (χ1n) is 6.41. The first kappa shape index (κ1) is 13.1. The Labute approximate surface area is 108 Å². The zero-order valence-electron chi connectivity index (χ0n) is 10.6. The van der Waals surface area contributed by atoms with E-state index in [1.54, 1.807) is 0 Å². The molecular formula is C14H20N2O2. The summed E-state index contributed by atoms with van der Waals surface area (Å²) in [6.45, 7) is 2.75. The van der Waals surface area contributed by atoms with Crippen molar-refractivity contribution < 1.29 is 9.53 Å². The summed E-state index contributed by atoms with van der Waals surface area (Å²) in [6, 6.07) is 8.79. The topological polar surface area (TPSA) is 64.4 Å². The quantitative estimate of drug-likeness (QED) is 0.846. The van der Waals surface area contributed by atoms with E-state index in [0.717, 1.165) is 25.0 Å². The van der Waals surface area contributed by atoms with Crippen LogP contribution in [0.1, 0.15) is 31.4 Å². The van der Waals surface area contributed by atoms with Gasteiger partial charge in [-0.1, -0.05) is 30.3 Å². The summed E-state index contributed by atoms with van der Waals surface area (Å²) in [4.78, 5) is 12.0. The van der Waals surface area contributed by atoms with Gasteiger partial charge >= 0.3 is 0 Å². The molecular weight excluding hydrogens is 228 g/mol. The zero-order chi connectivity index (χ0) is 13.0. The minimum Gasteiger partial charge on any atom is -0.376 e. The second-order valence-corrected chi connectivity index (χ2v) is 4.74. The van der Waals surface area contributed by atoms with E-state index >= 15 is 0 Å². The van der Waals surface area contributed by atoms with Crippen LogP contribution in [0.25, 0.3) is 0 Å². The lowest BCUT2D eigenvalue weighted by Crippen LogP contribution is -2.44. The molecule has 1 aromatic carbocycles. The largest absolute Gasteiger partial charge is 0.376 e. The highest BCUT2D eigenvalue weighted by Gasteiger charge is 2.25. The fraction of sp³-hybridized carbons (Fsp3) is 0.500. The van der Waals surface area contributed by atoms with Gasteiger partial charge in [-0.25, -0.2) is 0 Å². The molecule has 0 radical (unpaired) electrons. The van der Waals surface area contributed by atoms with E-state index in [4.69, 9.17) is 10.5 Å². The van der Waals surface area contributed by atoms with E-state index in [2.05, 4.69) is 5.32 Å². The van der Waals surface area contributed by atoms with Gasteiger partial charge in [0.05, 0.1) is 12.1 Å². The van der Waals surface area contributed by atoms with Crippen LogP contribution in [0.2, 0.25) is 0 Å². The molecule has 4 nitrogen and oxygen atoms in total. The van der Waals surface area contributed by atoms with E-state index < -0.39 is 6.04 Å². The number of benzene rings is 1. The van der Waals surface area contributed by atoms with Gasteiger partial charge in [0.15, 0.2) is 0 Å². The van der Waals surface area contributed by atoms with Crippen LogP contribution in [0.15, 0.2) is 30.3 Å². The summed E-state index contributed by atoms with van der Waals surface area (Å²) in [5.41, 5.74) is 6.76. The third kappa shape index (κ3) is 3.09. The first-order valence-corrected chi connectivity index (χ1v) is 6.41. The molecule has 18 heavy (non-hydrogen) atoms. The van der Waals surface area contributed by atoms with Crippen LogP contribution >= 0.6 is 0 Å². The van der Waals surface area contributed by atoms with Gasteiger partial charge < -0.3 is 15.8 Å². The smallest absolute Gasteiger partial charge is 0.241 e. The van der Waals surface area contributed by atoms with E-state index in [1.807, 2.05) is 37.3 Å². The Morgan fingerprint density at radius 3 is 2.78 bits per heavy atom. The number of ether oxygens (including phenoxy) is 1. The average molecular weight is 248 g/mol. The number of nitrogens with one attached hydrogen (secondary N) is 1. The van der Waals surface area contributed by atoms with Crippen LogP contribution in [-0.2, 0) is 9.53 Å². The van der Waals surface area contributed by atoms with Gasteiger partial charge in [0.2, 0.25) is 5.91 Å². The number of carbonyl (C=O) groups is 1. The minimum absolute atomic E-state index is 0.00904. The van der Waals surface area contributed by atoms with Crippen LogP contribution in [0.5, 0.6) is 0 Å². The molecule has 0 aliphatic carbocycles. The van der Waals surface area contributed by atoms with Crippen molar-refractivity contribution in [3.05, 3.63) is 35.9 Å². The third-order valence-electron chi connectivity index (χ3n) is 3.33. The third-order valence-corrected chi connectivity index (χ3v) is 3.33. The lowest BCUT2D eigenvalue weighted by atomic mass is 10.1. The second-order valence-electron chi connectivity index (χ2n) is 4.74. The summed E-state index contributed by atoms with van der Waals surface area (Å²) in [7, 11) is 0. The molecule has 1 fully saturated rings. The molecule has 1 saturated heterocycles. The standard InChI is InChI=1S/C14H20N2O2/c1-10(12-8-5-9-18-12)16-14(17)13(15)11-6-3-2-4-7-11/h2-4,6-7,10,12-13H,5,8-9,15H2,1H3,(H,16,17)/t10?,12?,13-/m1/s1. The first-order chi connectivity index (χ1) is 8.68. The Morgan fingerprint density at radius 1 is 1.44 bits per heavy atom. The van der Waals surface area contributed by atoms with Crippen molar-refractivity contribution in [1.82, 2.24) is 5.32 Å². The Kier molecular flexibility index (Phi) is 4.33. The highest BCUT2D eigenvalue weighted by atomic mass is 16.5. The lowest BCUT2D eigenvalue weighted by molar-refractivity contribution is -0.124. The molecule has 1 aliphatic heterocycles. The van der Waals surface area contributed by atoms with Gasteiger partial charge in [-0.2, -0.15) is 0 Å². The van der Waals surface area contributed by atoms with E-state index in [-0.39, 0.29) is 18.1 Å². The molecule has 3 N–H and O–H groups in total. The summed E-state index contributed by atoms with van der Waals surface area (Å²) in [5, 5.41) is 2.93. The molecule has 0 saturated carbocycles. The molecule has 2 unspecified atom stereocenters. The van der Waals surface area contributed by atoms with Crippen molar-refractivity contribution in [2.24, 2.45) is 5.73 Å². The molecule has 3 atom stereocenters. The number of hydrogen-bond donors (Lipinski definition) is 2. The van der Waals surface area contributed by atoms with Crippen LogP contribution < -0.4 is 11.1 Å². The maximum Gasteiger partial charge on any atom is 0.241 e. The maximum atomic E-state index is 12.0. The van der Waals surface area contributed by atoms with E-state index in [0.29, 0.717) is 0 Å². The SMILES string of the molecule is CC(NC(=O)[C@H](N)c1ccccc1)C1CCCO1. The molecule has 1 amide bonds. The monoisotopic (exact) mass is 248 g/mol. The van der Waals surface area contributed by atoms with Gasteiger partial charge in [0, 0.05) is 6.61 Å². The second kappa shape index (κ2) is 5.98. The Bertz CT molecular complexity index is 388. The zero-order valence-corrected chi connectivity index (χ0v) is 10.6. The maximum absolute atomic E-state index is 12.0. The highest BCUT2D eigenvalue weighted by Crippen LogP contribution is 2.16. The average Bonchev–Trinajstić information content (AvgIpc) is 2.92. The Balaban J connectivity index is 1.91. The molecule has 0 bridgehead atoms. The fourth-order valence-corrected chi connectivity index (χ4v) is 2.22. The fourth-order valence-electron chi connectivity index (χ4n) is 2.22. The summed E-state index contributed by atoms with van der Waals surface area (Å²) in [5.74, 6) is -0.149. The number of rotatable bonds is 4. The molecule has 98 valence electrons. The summed E-state index contributed by atoms with van der Waals surface area (Å²) in [6.07, 6.45) is 2.19. The number of amides is 1. The summed E-state index contributed by atoms with van der Waals surface area (Å²) >= 11 is 0. The van der Waals surface area contributed by atoms with E-state index in [9.17, 15) is 4.79 Å². The van der Waals surface area contributed by atoms with Crippen LogP contribution in [0, 0.1) is 0 Å². The van der Waals surface area contributed by atoms with Crippen molar-refractivity contribution in [3.63, 3.8) is 0 Å². The Morgan fingerprint density at radius 2 is 2.17 bits per heavy atom. The number of nitrogens with two attached hydrogens (primary N) is 1. The normalized spacial score (nSPS) is 22.4. The van der Waals surface area contributed by atoms with Gasteiger partial charge in [-0.3, -0.25) is 4.79 Å². The van der Waals surface area contributed by atoms with Gasteiger partial charge in [0.1, 0.15) is 6.04 Å². The van der Waals surface area contributed by atoms with Crippen molar-refractivity contribution in [1.29, 1.82) is 0 Å².